The van der Waals surface area contributed by atoms with E-state index in [1.54, 1.807) is 28.9 Å². The van der Waals surface area contributed by atoms with E-state index in [4.69, 9.17) is 0 Å². The molecule has 0 saturated carbocycles. The van der Waals surface area contributed by atoms with Crippen molar-refractivity contribution in [1.82, 2.24) is 9.38 Å². The Labute approximate surface area is 67.5 Å². The SMILES string of the molecule is FC(F)c1nccn2cccc12. The first kappa shape index (κ1) is 7.21. The van der Waals surface area contributed by atoms with Crippen LogP contribution in [0.1, 0.15) is 12.1 Å². The minimum absolute atomic E-state index is 0.164. The summed E-state index contributed by atoms with van der Waals surface area (Å²) in [5, 5.41) is 0. The fraction of sp³-hybridized carbons (Fsp3) is 0.125. The molecular weight excluding hydrogens is 162 g/mol. The van der Waals surface area contributed by atoms with E-state index < -0.39 is 6.43 Å². The number of fused-ring (bicyclic) bond motifs is 1. The molecule has 0 aromatic carbocycles. The standard InChI is InChI=1S/C8H6F2N2/c9-8(10)7-6-2-1-4-12(6)5-3-11-7/h1-5,8H. The minimum Gasteiger partial charge on any atom is -0.320 e. The summed E-state index contributed by atoms with van der Waals surface area (Å²) in [5.41, 5.74) is 0.301. The second-order valence-electron chi connectivity index (χ2n) is 2.41. The second-order valence-corrected chi connectivity index (χ2v) is 2.41. The Morgan fingerprint density at radius 2 is 2.17 bits per heavy atom. The van der Waals surface area contributed by atoms with Crippen molar-refractivity contribution in [2.45, 2.75) is 6.43 Å². The predicted molar refractivity (Wildman–Crippen MR) is 40.1 cm³/mol. The van der Waals surface area contributed by atoms with E-state index in [0.717, 1.165) is 0 Å². The maximum Gasteiger partial charge on any atom is 0.282 e. The average molecular weight is 168 g/mol. The lowest BCUT2D eigenvalue weighted by molar-refractivity contribution is 0.147. The molecule has 0 amide bonds. The number of hydrogen-bond donors (Lipinski definition) is 0. The first-order chi connectivity index (χ1) is 5.79. The zero-order valence-corrected chi connectivity index (χ0v) is 6.11. The van der Waals surface area contributed by atoms with Crippen LogP contribution in [0.15, 0.2) is 30.7 Å². The van der Waals surface area contributed by atoms with Crippen LogP contribution in [0.3, 0.4) is 0 Å². The Morgan fingerprint density at radius 1 is 1.33 bits per heavy atom. The Kier molecular flexibility index (Phi) is 1.53. The molecule has 0 aliphatic heterocycles. The summed E-state index contributed by atoms with van der Waals surface area (Å²) in [4.78, 5) is 3.61. The lowest BCUT2D eigenvalue weighted by atomic mass is 10.3. The zero-order valence-electron chi connectivity index (χ0n) is 6.11. The Morgan fingerprint density at radius 3 is 2.92 bits per heavy atom. The van der Waals surface area contributed by atoms with Crippen molar-refractivity contribution < 1.29 is 8.78 Å². The third-order valence-electron chi connectivity index (χ3n) is 1.69. The lowest BCUT2D eigenvalue weighted by Crippen LogP contribution is -1.94. The molecule has 62 valence electrons. The lowest BCUT2D eigenvalue weighted by Gasteiger charge is -2.00. The molecule has 2 rings (SSSR count). The van der Waals surface area contributed by atoms with E-state index >= 15 is 0 Å². The highest BCUT2D eigenvalue weighted by molar-refractivity contribution is 5.52. The van der Waals surface area contributed by atoms with Gasteiger partial charge in [0, 0.05) is 18.6 Å². The molecule has 2 heterocycles. The van der Waals surface area contributed by atoms with Crippen LogP contribution in [0.4, 0.5) is 8.78 Å². The van der Waals surface area contributed by atoms with Crippen LogP contribution in [0.5, 0.6) is 0 Å². The van der Waals surface area contributed by atoms with E-state index in [9.17, 15) is 8.78 Å². The van der Waals surface area contributed by atoms with Gasteiger partial charge in [0.1, 0.15) is 5.69 Å². The third kappa shape index (κ3) is 0.958. The van der Waals surface area contributed by atoms with Gasteiger partial charge < -0.3 is 4.40 Å². The summed E-state index contributed by atoms with van der Waals surface area (Å²) in [7, 11) is 0. The second kappa shape index (κ2) is 2.55. The van der Waals surface area contributed by atoms with Crippen LogP contribution in [0.25, 0.3) is 5.52 Å². The molecule has 2 nitrogen and oxygen atoms in total. The molecule has 0 spiro atoms. The third-order valence-corrected chi connectivity index (χ3v) is 1.69. The molecule has 0 bridgehead atoms. The van der Waals surface area contributed by atoms with E-state index in [-0.39, 0.29) is 5.69 Å². The van der Waals surface area contributed by atoms with Gasteiger partial charge in [0.2, 0.25) is 0 Å². The molecule has 2 aromatic heterocycles. The van der Waals surface area contributed by atoms with E-state index in [2.05, 4.69) is 4.98 Å². The molecule has 0 saturated heterocycles. The predicted octanol–water partition coefficient (Wildman–Crippen LogP) is 2.27. The van der Waals surface area contributed by atoms with Crippen LogP contribution >= 0.6 is 0 Å². The number of halogens is 2. The summed E-state index contributed by atoms with van der Waals surface area (Å²) in [5.74, 6) is 0. The largest absolute Gasteiger partial charge is 0.320 e. The molecule has 0 radical (unpaired) electrons. The summed E-state index contributed by atoms with van der Waals surface area (Å²) < 4.78 is 26.2. The highest BCUT2D eigenvalue weighted by Crippen LogP contribution is 2.20. The normalized spacial score (nSPS) is 11.2. The Hall–Kier alpha value is -1.45. The summed E-state index contributed by atoms with van der Waals surface area (Å²) in [6.07, 6.45) is 2.21. The first-order valence-corrected chi connectivity index (χ1v) is 3.49. The van der Waals surface area contributed by atoms with Gasteiger partial charge in [-0.15, -0.1) is 0 Å². The van der Waals surface area contributed by atoms with Crippen molar-refractivity contribution in [3.8, 4) is 0 Å². The Bertz CT molecular complexity index is 395. The summed E-state index contributed by atoms with van der Waals surface area (Å²) in [6.45, 7) is 0. The number of hydrogen-bond acceptors (Lipinski definition) is 1. The molecule has 4 heteroatoms. The topological polar surface area (TPSA) is 17.3 Å². The molecule has 0 fully saturated rings. The zero-order chi connectivity index (χ0) is 8.55. The fourth-order valence-electron chi connectivity index (χ4n) is 1.16. The van der Waals surface area contributed by atoms with Crippen molar-refractivity contribution >= 4 is 5.52 Å². The van der Waals surface area contributed by atoms with Crippen molar-refractivity contribution in [3.63, 3.8) is 0 Å². The smallest absolute Gasteiger partial charge is 0.282 e. The van der Waals surface area contributed by atoms with Crippen molar-refractivity contribution in [2.24, 2.45) is 0 Å². The van der Waals surface area contributed by atoms with Crippen molar-refractivity contribution in [2.75, 3.05) is 0 Å². The molecule has 12 heavy (non-hydrogen) atoms. The highest BCUT2D eigenvalue weighted by atomic mass is 19.3. The van der Waals surface area contributed by atoms with Gasteiger partial charge in [-0.3, -0.25) is 4.98 Å². The van der Waals surface area contributed by atoms with E-state index in [1.807, 2.05) is 0 Å². The van der Waals surface area contributed by atoms with E-state index in [0.29, 0.717) is 5.52 Å². The van der Waals surface area contributed by atoms with Crippen molar-refractivity contribution in [3.05, 3.63) is 36.4 Å². The van der Waals surface area contributed by atoms with Crippen LogP contribution < -0.4 is 0 Å². The maximum atomic E-state index is 12.3. The van der Waals surface area contributed by atoms with Gasteiger partial charge in [-0.2, -0.15) is 0 Å². The van der Waals surface area contributed by atoms with Crippen molar-refractivity contribution in [1.29, 1.82) is 0 Å². The quantitative estimate of drug-likeness (QED) is 0.638. The van der Waals surface area contributed by atoms with E-state index in [1.165, 1.54) is 6.20 Å². The average Bonchev–Trinajstić information content (AvgIpc) is 2.49. The number of nitrogens with zero attached hydrogens (tertiary/aromatic N) is 2. The van der Waals surface area contributed by atoms with Crippen LogP contribution in [0.2, 0.25) is 0 Å². The molecular formula is C8H6F2N2. The van der Waals surface area contributed by atoms with Gasteiger partial charge in [-0.1, -0.05) is 0 Å². The number of aromatic nitrogens is 2. The van der Waals surface area contributed by atoms with Gasteiger partial charge >= 0.3 is 0 Å². The molecule has 0 atom stereocenters. The highest BCUT2D eigenvalue weighted by Gasteiger charge is 2.12. The molecule has 0 aliphatic rings. The van der Waals surface area contributed by atoms with Gasteiger partial charge in [-0.25, -0.2) is 8.78 Å². The number of rotatable bonds is 1. The van der Waals surface area contributed by atoms with Gasteiger partial charge in [0.15, 0.2) is 0 Å². The summed E-state index contributed by atoms with van der Waals surface area (Å²) in [6, 6.07) is 3.33. The van der Waals surface area contributed by atoms with Crippen LogP contribution in [0, 0.1) is 0 Å². The van der Waals surface area contributed by atoms with Gasteiger partial charge in [0.05, 0.1) is 5.52 Å². The summed E-state index contributed by atoms with van der Waals surface area (Å²) >= 11 is 0. The minimum atomic E-state index is -2.51. The molecule has 0 unspecified atom stereocenters. The Balaban J connectivity index is 2.73. The van der Waals surface area contributed by atoms with Crippen LogP contribution in [-0.2, 0) is 0 Å². The molecule has 0 N–H and O–H groups in total. The first-order valence-electron chi connectivity index (χ1n) is 3.49. The maximum absolute atomic E-state index is 12.3. The van der Waals surface area contributed by atoms with Crippen LogP contribution in [-0.4, -0.2) is 9.38 Å². The van der Waals surface area contributed by atoms with Gasteiger partial charge in [-0.05, 0) is 12.1 Å². The monoisotopic (exact) mass is 168 g/mol. The van der Waals surface area contributed by atoms with Gasteiger partial charge in [0.25, 0.3) is 6.43 Å². The molecule has 0 aliphatic carbocycles. The molecule has 2 aromatic rings. The fourth-order valence-corrected chi connectivity index (χ4v) is 1.16. The number of alkyl halides is 2.